The van der Waals surface area contributed by atoms with E-state index in [9.17, 15) is 5.11 Å². The lowest BCUT2D eigenvalue weighted by molar-refractivity contribution is 0.127. The van der Waals surface area contributed by atoms with Gasteiger partial charge >= 0.3 is 0 Å². The first-order valence-corrected chi connectivity index (χ1v) is 5.11. The zero-order valence-corrected chi connectivity index (χ0v) is 9.35. The first-order chi connectivity index (χ1) is 7.06. The van der Waals surface area contributed by atoms with Gasteiger partial charge in [0.2, 0.25) is 0 Å². The van der Waals surface area contributed by atoms with E-state index in [0.29, 0.717) is 0 Å². The maximum absolute atomic E-state index is 9.88. The number of benzene rings is 1. The highest BCUT2D eigenvalue weighted by Gasteiger charge is 2.21. The van der Waals surface area contributed by atoms with Gasteiger partial charge in [0.25, 0.3) is 0 Å². The Hall–Kier alpha value is -1.34. The van der Waals surface area contributed by atoms with Crippen molar-refractivity contribution in [1.29, 1.82) is 0 Å². The Kier molecular flexibility index (Phi) is 3.87. The van der Waals surface area contributed by atoms with Crippen molar-refractivity contribution in [3.05, 3.63) is 54.6 Å². The Bertz CT molecular complexity index is 336. The van der Waals surface area contributed by atoms with Gasteiger partial charge < -0.3 is 5.11 Å². The largest absolute Gasteiger partial charge is 0.388 e. The average Bonchev–Trinajstić information content (AvgIpc) is 2.27. The molecule has 1 N–H and O–H groups in total. The number of aliphatic hydroxyl groups excluding tert-OH is 1. The van der Waals surface area contributed by atoms with Gasteiger partial charge in [-0.2, -0.15) is 0 Å². The molecule has 0 spiro atoms. The van der Waals surface area contributed by atoms with E-state index < -0.39 is 6.10 Å². The SMILES string of the molecule is C=CC(C)(C)[C@@H](O)/C=C/c1ccccc1. The molecular weight excluding hydrogens is 184 g/mol. The van der Waals surface area contributed by atoms with Crippen molar-refractivity contribution in [3.8, 4) is 0 Å². The van der Waals surface area contributed by atoms with Gasteiger partial charge in [0, 0.05) is 5.41 Å². The summed E-state index contributed by atoms with van der Waals surface area (Å²) in [4.78, 5) is 0. The van der Waals surface area contributed by atoms with Crippen LogP contribution in [0.1, 0.15) is 19.4 Å². The predicted molar refractivity (Wildman–Crippen MR) is 65.5 cm³/mol. The maximum atomic E-state index is 9.88. The molecule has 0 aliphatic rings. The van der Waals surface area contributed by atoms with Crippen LogP contribution < -0.4 is 0 Å². The third kappa shape index (κ3) is 3.37. The van der Waals surface area contributed by atoms with Gasteiger partial charge in [-0.25, -0.2) is 0 Å². The molecule has 0 radical (unpaired) electrons. The summed E-state index contributed by atoms with van der Waals surface area (Å²) in [7, 11) is 0. The zero-order valence-electron chi connectivity index (χ0n) is 9.35. The number of hydrogen-bond donors (Lipinski definition) is 1. The van der Waals surface area contributed by atoms with Crippen molar-refractivity contribution in [2.24, 2.45) is 5.41 Å². The quantitative estimate of drug-likeness (QED) is 0.743. The van der Waals surface area contributed by atoms with Crippen LogP contribution >= 0.6 is 0 Å². The summed E-state index contributed by atoms with van der Waals surface area (Å²) in [5.74, 6) is 0. The molecule has 0 unspecified atom stereocenters. The molecule has 1 atom stereocenters. The van der Waals surface area contributed by atoms with Crippen molar-refractivity contribution >= 4 is 6.08 Å². The lowest BCUT2D eigenvalue weighted by atomic mass is 9.86. The second-order valence-corrected chi connectivity index (χ2v) is 4.24. The van der Waals surface area contributed by atoms with Crippen LogP contribution in [0.4, 0.5) is 0 Å². The molecule has 0 heterocycles. The van der Waals surface area contributed by atoms with Crippen molar-refractivity contribution < 1.29 is 5.11 Å². The van der Waals surface area contributed by atoms with Gasteiger partial charge in [0.1, 0.15) is 0 Å². The summed E-state index contributed by atoms with van der Waals surface area (Å²) in [6.45, 7) is 7.63. The van der Waals surface area contributed by atoms with Crippen LogP contribution in [0, 0.1) is 5.41 Å². The predicted octanol–water partition coefficient (Wildman–Crippen LogP) is 3.27. The molecular formula is C14H18O. The minimum atomic E-state index is -0.504. The summed E-state index contributed by atoms with van der Waals surface area (Å²) in [6.07, 6.45) is 5.00. The molecule has 0 aromatic heterocycles. The molecule has 1 heteroatoms. The zero-order chi connectivity index (χ0) is 11.3. The summed E-state index contributed by atoms with van der Waals surface area (Å²) in [5.41, 5.74) is 0.807. The Morgan fingerprint density at radius 1 is 1.27 bits per heavy atom. The van der Waals surface area contributed by atoms with Crippen molar-refractivity contribution in [2.45, 2.75) is 20.0 Å². The van der Waals surface area contributed by atoms with E-state index in [0.717, 1.165) is 5.56 Å². The Morgan fingerprint density at radius 3 is 2.40 bits per heavy atom. The molecule has 0 aliphatic heterocycles. The molecule has 0 fully saturated rings. The van der Waals surface area contributed by atoms with E-state index in [2.05, 4.69) is 6.58 Å². The van der Waals surface area contributed by atoms with E-state index >= 15 is 0 Å². The highest BCUT2D eigenvalue weighted by atomic mass is 16.3. The summed E-state index contributed by atoms with van der Waals surface area (Å²) < 4.78 is 0. The first-order valence-electron chi connectivity index (χ1n) is 5.11. The Labute approximate surface area is 91.8 Å². The molecule has 0 bridgehead atoms. The highest BCUT2D eigenvalue weighted by molar-refractivity contribution is 5.49. The number of rotatable bonds is 4. The lowest BCUT2D eigenvalue weighted by Crippen LogP contribution is -2.24. The number of aliphatic hydroxyl groups is 1. The molecule has 0 amide bonds. The monoisotopic (exact) mass is 202 g/mol. The van der Waals surface area contributed by atoms with Gasteiger partial charge in [0.05, 0.1) is 6.10 Å². The van der Waals surface area contributed by atoms with Crippen LogP contribution in [0.25, 0.3) is 6.08 Å². The van der Waals surface area contributed by atoms with E-state index in [1.54, 1.807) is 12.2 Å². The van der Waals surface area contributed by atoms with E-state index in [-0.39, 0.29) is 5.41 Å². The molecule has 15 heavy (non-hydrogen) atoms. The molecule has 1 aromatic rings. The van der Waals surface area contributed by atoms with Crippen LogP contribution in [0.15, 0.2) is 49.1 Å². The van der Waals surface area contributed by atoms with Gasteiger partial charge in [-0.3, -0.25) is 0 Å². The van der Waals surface area contributed by atoms with Crippen LogP contribution in [0.3, 0.4) is 0 Å². The third-order valence-corrected chi connectivity index (χ3v) is 2.56. The summed E-state index contributed by atoms with van der Waals surface area (Å²) >= 11 is 0. The molecule has 1 rings (SSSR count). The summed E-state index contributed by atoms with van der Waals surface area (Å²) in [6, 6.07) is 9.94. The average molecular weight is 202 g/mol. The van der Waals surface area contributed by atoms with Crippen LogP contribution in [0.5, 0.6) is 0 Å². The highest BCUT2D eigenvalue weighted by Crippen LogP contribution is 2.23. The Morgan fingerprint density at radius 2 is 1.87 bits per heavy atom. The minimum absolute atomic E-state index is 0.286. The van der Waals surface area contributed by atoms with Gasteiger partial charge in [-0.1, -0.05) is 62.4 Å². The smallest absolute Gasteiger partial charge is 0.0809 e. The maximum Gasteiger partial charge on any atom is 0.0809 e. The Balaban J connectivity index is 2.70. The molecule has 1 aromatic carbocycles. The topological polar surface area (TPSA) is 20.2 Å². The lowest BCUT2D eigenvalue weighted by Gasteiger charge is -2.23. The fourth-order valence-electron chi connectivity index (χ4n) is 1.14. The van der Waals surface area contributed by atoms with E-state index in [4.69, 9.17) is 0 Å². The molecule has 1 nitrogen and oxygen atoms in total. The van der Waals surface area contributed by atoms with Crippen LogP contribution in [-0.4, -0.2) is 11.2 Å². The fourth-order valence-corrected chi connectivity index (χ4v) is 1.14. The molecule has 0 aliphatic carbocycles. The number of hydrogen-bond acceptors (Lipinski definition) is 1. The second-order valence-electron chi connectivity index (χ2n) is 4.24. The van der Waals surface area contributed by atoms with Gasteiger partial charge in [-0.15, -0.1) is 6.58 Å². The molecule has 80 valence electrons. The van der Waals surface area contributed by atoms with Crippen molar-refractivity contribution in [3.63, 3.8) is 0 Å². The standard InChI is InChI=1S/C14H18O/c1-4-14(2,3)13(15)11-10-12-8-6-5-7-9-12/h4-11,13,15H,1H2,2-3H3/b11-10+/t13-/m0/s1. The summed E-state index contributed by atoms with van der Waals surface area (Å²) in [5, 5.41) is 9.88. The second kappa shape index (κ2) is 4.94. The van der Waals surface area contributed by atoms with Gasteiger partial charge in [-0.05, 0) is 5.56 Å². The van der Waals surface area contributed by atoms with Crippen molar-refractivity contribution in [1.82, 2.24) is 0 Å². The van der Waals surface area contributed by atoms with Gasteiger partial charge in [0.15, 0.2) is 0 Å². The molecule has 0 saturated heterocycles. The molecule has 0 saturated carbocycles. The van der Waals surface area contributed by atoms with E-state index in [1.807, 2.05) is 50.3 Å². The fraction of sp³-hybridized carbons (Fsp3) is 0.286. The van der Waals surface area contributed by atoms with Crippen LogP contribution in [-0.2, 0) is 0 Å². The normalized spacial score (nSPS) is 14.1. The minimum Gasteiger partial charge on any atom is -0.388 e. The van der Waals surface area contributed by atoms with Crippen molar-refractivity contribution in [2.75, 3.05) is 0 Å². The first kappa shape index (κ1) is 11.7. The third-order valence-electron chi connectivity index (χ3n) is 2.56. The van der Waals surface area contributed by atoms with E-state index in [1.165, 1.54) is 0 Å². The van der Waals surface area contributed by atoms with Crippen LogP contribution in [0.2, 0.25) is 0 Å².